The number of anilines is 2. The summed E-state index contributed by atoms with van der Waals surface area (Å²) >= 11 is 0. The second-order valence-corrected chi connectivity index (χ2v) is 9.41. The van der Waals surface area contributed by atoms with Crippen molar-refractivity contribution >= 4 is 23.6 Å². The lowest BCUT2D eigenvalue weighted by Crippen LogP contribution is -2.30. The number of hydrogen-bond acceptors (Lipinski definition) is 3. The summed E-state index contributed by atoms with van der Waals surface area (Å²) in [6, 6.07) is 5.67. The Morgan fingerprint density at radius 2 is 1.81 bits per heavy atom. The summed E-state index contributed by atoms with van der Waals surface area (Å²) < 4.78 is 39.6. The molecule has 1 heterocycles. The lowest BCUT2D eigenvalue weighted by atomic mass is 9.94. The number of amides is 1. The quantitative estimate of drug-likeness (QED) is 0.406. The van der Waals surface area contributed by atoms with Crippen LogP contribution < -0.4 is 10.2 Å². The third-order valence-corrected chi connectivity index (χ3v) is 6.77. The first-order chi connectivity index (χ1) is 17.8. The molecule has 1 N–H and O–H groups in total. The number of alkyl halides is 3. The second-order valence-electron chi connectivity index (χ2n) is 9.41. The fourth-order valence-electron chi connectivity index (χ4n) is 4.84. The zero-order chi connectivity index (χ0) is 26.3. The van der Waals surface area contributed by atoms with E-state index in [1.54, 1.807) is 6.08 Å². The molecule has 194 valence electrons. The maximum absolute atomic E-state index is 13.2. The van der Waals surface area contributed by atoms with Crippen LogP contribution in [0.1, 0.15) is 44.1 Å². The van der Waals surface area contributed by atoms with Crippen LogP contribution in [0.5, 0.6) is 0 Å². The van der Waals surface area contributed by atoms with Crippen LogP contribution in [0.3, 0.4) is 0 Å². The number of hydrogen-bond donors (Lipinski definition) is 1. The Balaban J connectivity index is 1.59. The molecule has 1 aliphatic heterocycles. The van der Waals surface area contributed by atoms with Gasteiger partial charge in [-0.2, -0.15) is 13.2 Å². The molecule has 0 saturated carbocycles. The van der Waals surface area contributed by atoms with Crippen LogP contribution in [-0.4, -0.2) is 31.5 Å². The van der Waals surface area contributed by atoms with Crippen LogP contribution in [-0.2, 0) is 16.0 Å². The van der Waals surface area contributed by atoms with Crippen molar-refractivity contribution in [1.82, 2.24) is 0 Å². The summed E-state index contributed by atoms with van der Waals surface area (Å²) in [6.45, 7) is 1.79. The van der Waals surface area contributed by atoms with Crippen molar-refractivity contribution in [3.63, 3.8) is 0 Å². The average Bonchev–Trinajstić information content (AvgIpc) is 3.26. The van der Waals surface area contributed by atoms with Gasteiger partial charge >= 0.3 is 6.18 Å². The van der Waals surface area contributed by atoms with Crippen molar-refractivity contribution < 1.29 is 22.8 Å². The molecule has 4 nitrogen and oxygen atoms in total. The van der Waals surface area contributed by atoms with Gasteiger partial charge in [0.15, 0.2) is 0 Å². The molecule has 1 saturated heterocycles. The van der Waals surface area contributed by atoms with Crippen molar-refractivity contribution in [3.8, 4) is 0 Å². The Labute approximate surface area is 215 Å². The van der Waals surface area contributed by atoms with E-state index in [9.17, 15) is 22.8 Å². The number of allylic oxidation sites excluding steroid dienone is 11. The molecule has 0 atom stereocenters. The number of aldehydes is 1. The van der Waals surface area contributed by atoms with Gasteiger partial charge < -0.3 is 15.0 Å². The van der Waals surface area contributed by atoms with Gasteiger partial charge in [0.1, 0.15) is 6.29 Å². The Morgan fingerprint density at radius 3 is 2.57 bits per heavy atom. The number of piperidine rings is 1. The lowest BCUT2D eigenvalue weighted by molar-refractivity contribution is -0.115. The molecule has 37 heavy (non-hydrogen) atoms. The molecule has 2 aliphatic carbocycles. The predicted octanol–water partition coefficient (Wildman–Crippen LogP) is 6.93. The summed E-state index contributed by atoms with van der Waals surface area (Å²) in [5, 5.41) is 3.05. The molecule has 1 aromatic rings. The molecule has 0 spiro atoms. The van der Waals surface area contributed by atoms with Crippen LogP contribution in [0.25, 0.3) is 0 Å². The summed E-state index contributed by atoms with van der Waals surface area (Å²) in [4.78, 5) is 26.6. The number of benzene rings is 1. The SMILES string of the molecule is O=CCc1ccc(NC(=O)CC2=C(C3=CC=C(C(F)(F)F)CC=C3)CC=CC=C2)c(N2CCCCC2)c1. The Kier molecular flexibility index (Phi) is 8.64. The van der Waals surface area contributed by atoms with E-state index in [0.29, 0.717) is 24.1 Å². The highest BCUT2D eigenvalue weighted by Crippen LogP contribution is 2.34. The van der Waals surface area contributed by atoms with E-state index in [2.05, 4.69) is 10.2 Å². The highest BCUT2D eigenvalue weighted by atomic mass is 19.4. The molecule has 1 aromatic carbocycles. The molecule has 0 aromatic heterocycles. The monoisotopic (exact) mass is 508 g/mol. The molecule has 4 rings (SSSR count). The van der Waals surface area contributed by atoms with Gasteiger partial charge in [0.25, 0.3) is 0 Å². The third kappa shape index (κ3) is 7.00. The van der Waals surface area contributed by atoms with Gasteiger partial charge in [-0.3, -0.25) is 4.79 Å². The highest BCUT2D eigenvalue weighted by Gasteiger charge is 2.32. The minimum atomic E-state index is -4.37. The molecule has 1 amide bonds. The first-order valence-electron chi connectivity index (χ1n) is 12.7. The Bertz CT molecular complexity index is 1210. The standard InChI is InChI=1S/C30H31F3N2O2/c31-30(32,33)25-10-7-9-23(13-14-25)26-11-4-1-3-8-24(26)21-29(37)34-27-15-12-22(16-19-36)20-28(27)35-17-5-2-6-18-35/h1,3-4,7-9,12-15,19-20H,2,5-6,10-11,16-18,21H2,(H,34,37). The maximum Gasteiger partial charge on any atom is 0.412 e. The number of nitrogens with zero attached hydrogens (tertiary/aromatic N) is 1. The van der Waals surface area contributed by atoms with Gasteiger partial charge in [-0.1, -0.05) is 54.7 Å². The van der Waals surface area contributed by atoms with E-state index < -0.39 is 11.7 Å². The van der Waals surface area contributed by atoms with Crippen LogP contribution >= 0.6 is 0 Å². The predicted molar refractivity (Wildman–Crippen MR) is 141 cm³/mol. The van der Waals surface area contributed by atoms with Gasteiger partial charge in [0, 0.05) is 25.1 Å². The number of halogens is 3. The normalized spacial score (nSPS) is 18.2. The Morgan fingerprint density at radius 1 is 1.00 bits per heavy atom. The minimum absolute atomic E-state index is 0.0874. The van der Waals surface area contributed by atoms with E-state index in [1.165, 1.54) is 18.6 Å². The summed E-state index contributed by atoms with van der Waals surface area (Å²) in [5.74, 6) is -0.204. The summed E-state index contributed by atoms with van der Waals surface area (Å²) in [7, 11) is 0. The topological polar surface area (TPSA) is 49.4 Å². The first kappa shape index (κ1) is 26.5. The zero-order valence-corrected chi connectivity index (χ0v) is 20.7. The molecule has 3 aliphatic rings. The van der Waals surface area contributed by atoms with Crippen molar-refractivity contribution in [2.24, 2.45) is 0 Å². The molecular formula is C30H31F3N2O2. The first-order valence-corrected chi connectivity index (χ1v) is 12.7. The van der Waals surface area contributed by atoms with E-state index in [-0.39, 0.29) is 18.7 Å². The smallest absolute Gasteiger partial charge is 0.370 e. The minimum Gasteiger partial charge on any atom is -0.370 e. The molecule has 1 fully saturated rings. The van der Waals surface area contributed by atoms with Crippen molar-refractivity contribution in [1.29, 1.82) is 0 Å². The Hall–Kier alpha value is -3.61. The van der Waals surface area contributed by atoms with Gasteiger partial charge in [-0.15, -0.1) is 0 Å². The van der Waals surface area contributed by atoms with Gasteiger partial charge in [0.05, 0.1) is 17.8 Å². The van der Waals surface area contributed by atoms with Crippen LogP contribution in [0.2, 0.25) is 0 Å². The van der Waals surface area contributed by atoms with E-state index in [4.69, 9.17) is 0 Å². The van der Waals surface area contributed by atoms with Crippen molar-refractivity contribution in [2.75, 3.05) is 23.3 Å². The number of carbonyl (C=O) groups excluding carboxylic acids is 2. The van der Waals surface area contributed by atoms with E-state index >= 15 is 0 Å². The summed E-state index contributed by atoms with van der Waals surface area (Å²) in [6.07, 6.45) is 13.9. The van der Waals surface area contributed by atoms with Gasteiger partial charge in [-0.25, -0.2) is 0 Å². The average molecular weight is 509 g/mol. The largest absolute Gasteiger partial charge is 0.412 e. The summed E-state index contributed by atoms with van der Waals surface area (Å²) in [5.41, 5.74) is 4.18. The zero-order valence-electron chi connectivity index (χ0n) is 20.7. The highest BCUT2D eigenvalue weighted by molar-refractivity contribution is 5.96. The van der Waals surface area contributed by atoms with Gasteiger partial charge in [-0.05, 0) is 66.5 Å². The number of rotatable bonds is 7. The fourth-order valence-corrected chi connectivity index (χ4v) is 4.84. The fraction of sp³-hybridized carbons (Fsp3) is 0.333. The van der Waals surface area contributed by atoms with Crippen LogP contribution in [0, 0.1) is 0 Å². The van der Waals surface area contributed by atoms with Crippen LogP contribution in [0.15, 0.2) is 89.1 Å². The molecular weight excluding hydrogens is 477 g/mol. The molecule has 0 unspecified atom stereocenters. The van der Waals surface area contributed by atoms with Crippen molar-refractivity contribution in [2.45, 2.75) is 51.1 Å². The van der Waals surface area contributed by atoms with Crippen LogP contribution in [0.4, 0.5) is 24.5 Å². The third-order valence-electron chi connectivity index (χ3n) is 6.77. The number of nitrogens with one attached hydrogen (secondary N) is 1. The molecule has 0 radical (unpaired) electrons. The van der Waals surface area contributed by atoms with Gasteiger partial charge in [0.2, 0.25) is 5.91 Å². The van der Waals surface area contributed by atoms with Crippen molar-refractivity contribution in [3.05, 3.63) is 94.7 Å². The second kappa shape index (κ2) is 12.1. The number of carbonyl (C=O) groups is 2. The lowest BCUT2D eigenvalue weighted by Gasteiger charge is -2.31. The van der Waals surface area contributed by atoms with E-state index in [0.717, 1.165) is 60.7 Å². The van der Waals surface area contributed by atoms with E-state index in [1.807, 2.05) is 42.5 Å². The molecule has 7 heteroatoms. The maximum atomic E-state index is 13.2. The molecule has 0 bridgehead atoms.